The van der Waals surface area contributed by atoms with E-state index in [9.17, 15) is 9.59 Å². The molecule has 4 rings (SSSR count). The number of pyridine rings is 1. The van der Waals surface area contributed by atoms with Crippen LogP contribution in [0.25, 0.3) is 10.9 Å². The van der Waals surface area contributed by atoms with E-state index in [-0.39, 0.29) is 42.4 Å². The van der Waals surface area contributed by atoms with Crippen LogP contribution in [0.3, 0.4) is 0 Å². The van der Waals surface area contributed by atoms with Crippen LogP contribution >= 0.6 is 0 Å². The Morgan fingerprint density at radius 1 is 1.09 bits per heavy atom. The van der Waals surface area contributed by atoms with E-state index in [2.05, 4.69) is 31.7 Å². The summed E-state index contributed by atoms with van der Waals surface area (Å²) in [6, 6.07) is 17.3. The Morgan fingerprint density at radius 3 is 2.57 bits per heavy atom. The molecular weight excluding hydrogens is 450 g/mol. The van der Waals surface area contributed by atoms with Gasteiger partial charge in [0.2, 0.25) is 11.9 Å². The van der Waals surface area contributed by atoms with Crippen LogP contribution in [0.1, 0.15) is 12.5 Å². The van der Waals surface area contributed by atoms with Crippen molar-refractivity contribution in [2.24, 2.45) is 7.05 Å². The van der Waals surface area contributed by atoms with Crippen molar-refractivity contribution in [1.29, 1.82) is 5.26 Å². The summed E-state index contributed by atoms with van der Waals surface area (Å²) < 4.78 is 12.4. The minimum Gasteiger partial charge on any atom is -0.465 e. The van der Waals surface area contributed by atoms with E-state index in [0.29, 0.717) is 22.2 Å². The summed E-state index contributed by atoms with van der Waals surface area (Å²) in [5.41, 5.74) is 1.55. The summed E-state index contributed by atoms with van der Waals surface area (Å²) in [7, 11) is 1.68. The average Bonchev–Trinajstić information content (AvgIpc) is 2.86. The molecule has 2 aromatic carbocycles. The number of aromatic nitrogens is 4. The molecule has 0 saturated heterocycles. The molecule has 0 atom stereocenters. The van der Waals surface area contributed by atoms with Crippen molar-refractivity contribution in [2.45, 2.75) is 6.92 Å². The standard InChI is InChI=1S/C24H21N7O4/c1-3-34-21(33)14-26-22-28-23(27-16-10-8-15(13-25)9-11-16)30-24(29-22)35-19-12-20(32)31(2)18-7-5-4-6-17(18)19/h4-12H,3,14H2,1-2H3,(H2,26,27,28,29,30). The lowest BCUT2D eigenvalue weighted by Gasteiger charge is -2.12. The zero-order valence-corrected chi connectivity index (χ0v) is 19.0. The van der Waals surface area contributed by atoms with E-state index in [1.54, 1.807) is 44.3 Å². The van der Waals surface area contributed by atoms with Gasteiger partial charge in [0.15, 0.2) is 0 Å². The third kappa shape index (κ3) is 5.51. The molecule has 2 aromatic heterocycles. The minimum absolute atomic E-state index is 0.0623. The van der Waals surface area contributed by atoms with Crippen LogP contribution in [0.5, 0.6) is 11.8 Å². The topological polar surface area (TPSA) is 144 Å². The van der Waals surface area contributed by atoms with Crippen LogP contribution < -0.4 is 20.9 Å². The van der Waals surface area contributed by atoms with Crippen LogP contribution in [0, 0.1) is 11.3 Å². The maximum absolute atomic E-state index is 12.4. The number of fused-ring (bicyclic) bond motifs is 1. The highest BCUT2D eigenvalue weighted by Gasteiger charge is 2.14. The predicted octanol–water partition coefficient (Wildman–Crippen LogP) is 3.11. The van der Waals surface area contributed by atoms with Crippen LogP contribution in [0.2, 0.25) is 0 Å². The molecule has 2 N–H and O–H groups in total. The van der Waals surface area contributed by atoms with E-state index in [4.69, 9.17) is 14.7 Å². The fraction of sp³-hybridized carbons (Fsp3) is 0.167. The van der Waals surface area contributed by atoms with Crippen LogP contribution in [-0.4, -0.2) is 38.6 Å². The lowest BCUT2D eigenvalue weighted by molar-refractivity contribution is -0.140. The monoisotopic (exact) mass is 471 g/mol. The Hall–Kier alpha value is -4.98. The van der Waals surface area contributed by atoms with Crippen molar-refractivity contribution in [1.82, 2.24) is 19.5 Å². The molecule has 176 valence electrons. The van der Waals surface area contributed by atoms with Crippen molar-refractivity contribution >= 4 is 34.5 Å². The number of aryl methyl sites for hydroxylation is 1. The Morgan fingerprint density at radius 2 is 1.83 bits per heavy atom. The number of nitrogens with one attached hydrogen (secondary N) is 2. The molecule has 4 aromatic rings. The number of anilines is 3. The number of hydrogen-bond donors (Lipinski definition) is 2. The highest BCUT2D eigenvalue weighted by Crippen LogP contribution is 2.27. The summed E-state index contributed by atoms with van der Waals surface area (Å²) in [5, 5.41) is 15.5. The molecule has 2 heterocycles. The van der Waals surface area contributed by atoms with Gasteiger partial charge in [0.1, 0.15) is 12.3 Å². The Balaban J connectivity index is 1.69. The first-order chi connectivity index (χ1) is 17.0. The zero-order chi connectivity index (χ0) is 24.8. The third-order valence-electron chi connectivity index (χ3n) is 4.90. The number of hydrogen-bond acceptors (Lipinski definition) is 10. The number of nitriles is 1. The molecule has 0 aliphatic heterocycles. The van der Waals surface area contributed by atoms with E-state index < -0.39 is 5.97 Å². The molecule has 0 aliphatic carbocycles. The minimum atomic E-state index is -0.477. The Kier molecular flexibility index (Phi) is 6.83. The summed E-state index contributed by atoms with van der Waals surface area (Å²) in [6.45, 7) is 1.79. The molecule has 11 nitrogen and oxygen atoms in total. The van der Waals surface area contributed by atoms with Gasteiger partial charge in [-0.05, 0) is 43.3 Å². The van der Waals surface area contributed by atoms with Gasteiger partial charge in [-0.25, -0.2) is 0 Å². The Labute approximate surface area is 200 Å². The van der Waals surface area contributed by atoms with E-state index in [1.165, 1.54) is 10.6 Å². The average molecular weight is 471 g/mol. The van der Waals surface area contributed by atoms with Gasteiger partial charge in [0.25, 0.3) is 5.56 Å². The maximum Gasteiger partial charge on any atom is 0.328 e. The molecular formula is C24H21N7O4. The first-order valence-electron chi connectivity index (χ1n) is 10.7. The number of ether oxygens (including phenoxy) is 2. The Bertz CT molecular complexity index is 1480. The maximum atomic E-state index is 12.4. The molecule has 0 saturated carbocycles. The lowest BCUT2D eigenvalue weighted by atomic mass is 10.2. The smallest absolute Gasteiger partial charge is 0.328 e. The molecule has 0 radical (unpaired) electrons. The SMILES string of the molecule is CCOC(=O)CNc1nc(Nc2ccc(C#N)cc2)nc(Oc2cc(=O)n(C)c3ccccc23)n1. The fourth-order valence-corrected chi connectivity index (χ4v) is 3.22. The first kappa shape index (κ1) is 23.2. The van der Waals surface area contributed by atoms with Gasteiger partial charge in [-0.15, -0.1) is 0 Å². The van der Waals surface area contributed by atoms with Gasteiger partial charge in [-0.3, -0.25) is 9.59 Å². The molecule has 35 heavy (non-hydrogen) atoms. The largest absolute Gasteiger partial charge is 0.465 e. The number of esters is 1. The highest BCUT2D eigenvalue weighted by atomic mass is 16.5. The summed E-state index contributed by atoms with van der Waals surface area (Å²) >= 11 is 0. The summed E-state index contributed by atoms with van der Waals surface area (Å²) in [4.78, 5) is 37.0. The highest BCUT2D eigenvalue weighted by molar-refractivity contribution is 5.85. The van der Waals surface area contributed by atoms with E-state index in [1.807, 2.05) is 18.2 Å². The normalized spacial score (nSPS) is 10.4. The fourth-order valence-electron chi connectivity index (χ4n) is 3.22. The lowest BCUT2D eigenvalue weighted by Crippen LogP contribution is -2.19. The zero-order valence-electron chi connectivity index (χ0n) is 19.0. The molecule has 0 unspecified atom stereocenters. The van der Waals surface area contributed by atoms with Gasteiger partial charge < -0.3 is 24.7 Å². The van der Waals surface area contributed by atoms with Gasteiger partial charge in [-0.1, -0.05) is 12.1 Å². The van der Waals surface area contributed by atoms with Gasteiger partial charge >= 0.3 is 12.0 Å². The van der Waals surface area contributed by atoms with Gasteiger partial charge in [-0.2, -0.15) is 20.2 Å². The van der Waals surface area contributed by atoms with Gasteiger partial charge in [0.05, 0.1) is 23.8 Å². The number of rotatable bonds is 8. The van der Waals surface area contributed by atoms with Crippen molar-refractivity contribution in [2.75, 3.05) is 23.8 Å². The number of carbonyl (C=O) groups is 1. The molecule has 0 spiro atoms. The molecule has 11 heteroatoms. The number of nitrogens with zero attached hydrogens (tertiary/aromatic N) is 5. The van der Waals surface area contributed by atoms with Crippen molar-refractivity contribution in [3.8, 4) is 17.8 Å². The second-order valence-electron chi connectivity index (χ2n) is 7.26. The van der Waals surface area contributed by atoms with Crippen molar-refractivity contribution < 1.29 is 14.3 Å². The summed E-state index contributed by atoms with van der Waals surface area (Å²) in [6.07, 6.45) is 0. The number of para-hydroxylation sites is 1. The van der Waals surface area contributed by atoms with Crippen LogP contribution in [0.15, 0.2) is 59.4 Å². The second-order valence-corrected chi connectivity index (χ2v) is 7.26. The first-order valence-corrected chi connectivity index (χ1v) is 10.7. The number of benzene rings is 2. The third-order valence-corrected chi connectivity index (χ3v) is 4.90. The van der Waals surface area contributed by atoms with Gasteiger partial charge in [0, 0.05) is 24.2 Å². The van der Waals surface area contributed by atoms with Crippen LogP contribution in [0.4, 0.5) is 17.6 Å². The van der Waals surface area contributed by atoms with E-state index >= 15 is 0 Å². The second kappa shape index (κ2) is 10.3. The molecule has 0 fully saturated rings. The van der Waals surface area contributed by atoms with E-state index in [0.717, 1.165) is 0 Å². The molecule has 0 bridgehead atoms. The van der Waals surface area contributed by atoms with Crippen LogP contribution in [-0.2, 0) is 16.6 Å². The predicted molar refractivity (Wildman–Crippen MR) is 129 cm³/mol. The molecule has 0 aliphatic rings. The van der Waals surface area contributed by atoms with Crippen molar-refractivity contribution in [3.63, 3.8) is 0 Å². The summed E-state index contributed by atoms with van der Waals surface area (Å²) in [5.74, 6) is -0.0170. The van der Waals surface area contributed by atoms with Crippen molar-refractivity contribution in [3.05, 3.63) is 70.5 Å². The molecule has 0 amide bonds. The number of carbonyl (C=O) groups excluding carboxylic acids is 1. The quantitative estimate of drug-likeness (QED) is 0.368.